The number of rotatable bonds is 7. The standard InChI is InChI=1S/C23H19F3N4OS2/c1-32-18-8-3-7-17(12-18)28-20(31)13-30-21-19(9-4-10-27-21)29-22(30)33-14-15-5-2-6-16(11-15)23(24,25)26/h2-12H,13-14H2,1H3,(H,28,31). The van der Waals surface area contributed by atoms with Gasteiger partial charge in [-0.25, -0.2) is 9.97 Å². The van der Waals surface area contributed by atoms with Gasteiger partial charge in [-0.3, -0.25) is 9.36 Å². The molecule has 1 N–H and O–H groups in total. The minimum absolute atomic E-state index is 0.0259. The quantitative estimate of drug-likeness (QED) is 0.319. The third-order valence-electron chi connectivity index (χ3n) is 4.75. The van der Waals surface area contributed by atoms with Crippen LogP contribution in [-0.4, -0.2) is 26.7 Å². The lowest BCUT2D eigenvalue weighted by molar-refractivity contribution is -0.137. The molecule has 4 rings (SSSR count). The number of pyridine rings is 1. The molecule has 2 aromatic heterocycles. The molecule has 0 saturated carbocycles. The lowest BCUT2D eigenvalue weighted by atomic mass is 10.1. The number of amides is 1. The molecule has 4 aromatic rings. The number of aromatic nitrogens is 3. The summed E-state index contributed by atoms with van der Waals surface area (Å²) in [6.45, 7) is -0.0259. The van der Waals surface area contributed by atoms with Gasteiger partial charge in [0, 0.05) is 22.5 Å². The van der Waals surface area contributed by atoms with Gasteiger partial charge < -0.3 is 5.32 Å². The van der Waals surface area contributed by atoms with Gasteiger partial charge in [0.25, 0.3) is 0 Å². The molecular formula is C23H19F3N4OS2. The lowest BCUT2D eigenvalue weighted by Crippen LogP contribution is -2.19. The number of carbonyl (C=O) groups excluding carboxylic acids is 1. The average molecular weight is 489 g/mol. The Morgan fingerprint density at radius 3 is 2.70 bits per heavy atom. The number of hydrogen-bond acceptors (Lipinski definition) is 5. The molecule has 0 radical (unpaired) electrons. The highest BCUT2D eigenvalue weighted by molar-refractivity contribution is 7.98. The Labute approximate surface area is 196 Å². The number of thioether (sulfide) groups is 2. The van der Waals surface area contributed by atoms with E-state index < -0.39 is 11.7 Å². The third-order valence-corrected chi connectivity index (χ3v) is 6.52. The molecule has 2 aromatic carbocycles. The van der Waals surface area contributed by atoms with E-state index in [1.54, 1.807) is 40.7 Å². The molecule has 5 nitrogen and oxygen atoms in total. The molecule has 1 amide bonds. The van der Waals surface area contributed by atoms with Gasteiger partial charge in [0.1, 0.15) is 12.1 Å². The van der Waals surface area contributed by atoms with Crippen LogP contribution in [0, 0.1) is 0 Å². The largest absolute Gasteiger partial charge is 0.416 e. The minimum Gasteiger partial charge on any atom is -0.324 e. The summed E-state index contributed by atoms with van der Waals surface area (Å²) in [7, 11) is 0. The summed E-state index contributed by atoms with van der Waals surface area (Å²) in [4.78, 5) is 22.7. The van der Waals surface area contributed by atoms with E-state index in [4.69, 9.17) is 0 Å². The summed E-state index contributed by atoms with van der Waals surface area (Å²) in [5, 5.41) is 3.39. The van der Waals surface area contributed by atoms with Gasteiger partial charge >= 0.3 is 6.18 Å². The summed E-state index contributed by atoms with van der Waals surface area (Å²) in [6, 6.07) is 16.2. The third kappa shape index (κ3) is 5.69. The molecule has 170 valence electrons. The van der Waals surface area contributed by atoms with Crippen LogP contribution in [0.15, 0.2) is 76.9 Å². The Bertz CT molecular complexity index is 1290. The molecule has 0 spiro atoms. The molecule has 0 bridgehead atoms. The van der Waals surface area contributed by atoms with Crippen molar-refractivity contribution in [2.75, 3.05) is 11.6 Å². The first-order chi connectivity index (χ1) is 15.8. The van der Waals surface area contributed by atoms with Crippen LogP contribution in [0.1, 0.15) is 11.1 Å². The van der Waals surface area contributed by atoms with Crippen LogP contribution in [0.25, 0.3) is 11.2 Å². The Kier molecular flexibility index (Phi) is 6.94. The van der Waals surface area contributed by atoms with Crippen molar-refractivity contribution in [1.29, 1.82) is 0 Å². The number of benzene rings is 2. The summed E-state index contributed by atoms with van der Waals surface area (Å²) in [5.74, 6) is 0.0177. The van der Waals surface area contributed by atoms with Crippen LogP contribution in [0.4, 0.5) is 18.9 Å². The molecular weight excluding hydrogens is 469 g/mol. The molecule has 0 aliphatic heterocycles. The van der Waals surface area contributed by atoms with Crippen LogP contribution in [-0.2, 0) is 23.3 Å². The predicted molar refractivity (Wildman–Crippen MR) is 125 cm³/mol. The average Bonchev–Trinajstić information content (AvgIpc) is 3.14. The second-order valence-corrected chi connectivity index (χ2v) is 8.92. The van der Waals surface area contributed by atoms with Crippen LogP contribution >= 0.6 is 23.5 Å². The monoisotopic (exact) mass is 488 g/mol. The Balaban J connectivity index is 1.55. The molecule has 10 heteroatoms. The van der Waals surface area contributed by atoms with Crippen molar-refractivity contribution in [2.45, 2.75) is 28.5 Å². The highest BCUT2D eigenvalue weighted by Crippen LogP contribution is 2.32. The maximum Gasteiger partial charge on any atom is 0.416 e. The van der Waals surface area contributed by atoms with E-state index >= 15 is 0 Å². The van der Waals surface area contributed by atoms with Crippen molar-refractivity contribution in [3.63, 3.8) is 0 Å². The van der Waals surface area contributed by atoms with E-state index in [2.05, 4.69) is 15.3 Å². The number of nitrogens with zero attached hydrogens (tertiary/aromatic N) is 3. The van der Waals surface area contributed by atoms with Crippen molar-refractivity contribution in [2.24, 2.45) is 0 Å². The van der Waals surface area contributed by atoms with E-state index in [0.717, 1.165) is 17.0 Å². The first-order valence-corrected chi connectivity index (χ1v) is 12.1. The second-order valence-electron chi connectivity index (χ2n) is 7.09. The van der Waals surface area contributed by atoms with Crippen molar-refractivity contribution in [1.82, 2.24) is 14.5 Å². The van der Waals surface area contributed by atoms with Crippen LogP contribution < -0.4 is 5.32 Å². The van der Waals surface area contributed by atoms with Gasteiger partial charge in [0.15, 0.2) is 10.8 Å². The number of anilines is 1. The predicted octanol–water partition coefficient (Wildman–Crippen LogP) is 6.10. The maximum absolute atomic E-state index is 13.0. The van der Waals surface area contributed by atoms with Crippen molar-refractivity contribution in [3.8, 4) is 0 Å². The molecule has 0 aliphatic rings. The molecule has 0 saturated heterocycles. The first kappa shape index (κ1) is 23.2. The summed E-state index contributed by atoms with van der Waals surface area (Å²) in [5.41, 5.74) is 1.66. The van der Waals surface area contributed by atoms with E-state index in [1.807, 2.05) is 30.5 Å². The molecule has 0 atom stereocenters. The van der Waals surface area contributed by atoms with Gasteiger partial charge in [-0.15, -0.1) is 11.8 Å². The number of hydrogen-bond donors (Lipinski definition) is 1. The Morgan fingerprint density at radius 2 is 1.91 bits per heavy atom. The number of carbonyl (C=O) groups is 1. The minimum atomic E-state index is -4.40. The van der Waals surface area contributed by atoms with Crippen LogP contribution in [0.5, 0.6) is 0 Å². The molecule has 33 heavy (non-hydrogen) atoms. The number of fused-ring (bicyclic) bond motifs is 1. The van der Waals surface area contributed by atoms with Crippen molar-refractivity contribution < 1.29 is 18.0 Å². The fourth-order valence-electron chi connectivity index (χ4n) is 3.22. The fourth-order valence-corrected chi connectivity index (χ4v) is 4.63. The van der Waals surface area contributed by atoms with Crippen molar-refractivity contribution >= 4 is 46.3 Å². The lowest BCUT2D eigenvalue weighted by Gasteiger charge is -2.11. The van der Waals surface area contributed by atoms with E-state index in [0.29, 0.717) is 27.6 Å². The SMILES string of the molecule is CSc1cccc(NC(=O)Cn2c(SCc3cccc(C(F)(F)F)c3)nc3cccnc32)c1. The van der Waals surface area contributed by atoms with Crippen LogP contribution in [0.3, 0.4) is 0 Å². The summed E-state index contributed by atoms with van der Waals surface area (Å²) < 4.78 is 40.8. The van der Waals surface area contributed by atoms with Gasteiger partial charge in [0.05, 0.1) is 5.56 Å². The van der Waals surface area contributed by atoms with Crippen molar-refractivity contribution in [3.05, 3.63) is 78.0 Å². The molecule has 0 aliphatic carbocycles. The van der Waals surface area contributed by atoms with Crippen LogP contribution in [0.2, 0.25) is 0 Å². The fraction of sp³-hybridized carbons (Fsp3) is 0.174. The zero-order chi connectivity index (χ0) is 23.4. The number of nitrogens with one attached hydrogen (secondary N) is 1. The topological polar surface area (TPSA) is 59.8 Å². The molecule has 0 fully saturated rings. The first-order valence-electron chi connectivity index (χ1n) is 9.87. The second kappa shape index (κ2) is 9.88. The van der Waals surface area contributed by atoms with Gasteiger partial charge in [-0.1, -0.05) is 36.0 Å². The normalized spacial score (nSPS) is 11.6. The highest BCUT2D eigenvalue weighted by Gasteiger charge is 2.30. The zero-order valence-corrected chi connectivity index (χ0v) is 19.1. The smallest absolute Gasteiger partial charge is 0.324 e. The number of imidazole rings is 1. The Morgan fingerprint density at radius 1 is 1.09 bits per heavy atom. The maximum atomic E-state index is 13.0. The summed E-state index contributed by atoms with van der Waals surface area (Å²) in [6.07, 6.45) is -0.830. The summed E-state index contributed by atoms with van der Waals surface area (Å²) >= 11 is 2.84. The number of alkyl halides is 3. The molecule has 0 unspecified atom stereocenters. The molecule has 2 heterocycles. The zero-order valence-electron chi connectivity index (χ0n) is 17.5. The Hall–Kier alpha value is -2.98. The van der Waals surface area contributed by atoms with E-state index in [9.17, 15) is 18.0 Å². The van der Waals surface area contributed by atoms with E-state index in [1.165, 1.54) is 17.8 Å². The number of halogens is 3. The van der Waals surface area contributed by atoms with Gasteiger partial charge in [-0.05, 0) is 48.2 Å². The van der Waals surface area contributed by atoms with Gasteiger partial charge in [0.2, 0.25) is 5.91 Å². The van der Waals surface area contributed by atoms with E-state index in [-0.39, 0.29) is 18.2 Å². The highest BCUT2D eigenvalue weighted by atomic mass is 32.2. The van der Waals surface area contributed by atoms with Gasteiger partial charge in [-0.2, -0.15) is 13.2 Å².